The zero-order chi connectivity index (χ0) is 19.6. The summed E-state index contributed by atoms with van der Waals surface area (Å²) >= 11 is 0. The maximum absolute atomic E-state index is 13.8. The number of rotatable bonds is 5. The number of benzene rings is 1. The van der Waals surface area contributed by atoms with E-state index < -0.39 is 5.82 Å². The fraction of sp³-hybridized carbons (Fsp3) is 0.150. The van der Waals surface area contributed by atoms with Gasteiger partial charge < -0.3 is 10.3 Å². The van der Waals surface area contributed by atoms with Crippen LogP contribution in [0.5, 0.6) is 0 Å². The van der Waals surface area contributed by atoms with Crippen LogP contribution in [-0.4, -0.2) is 14.1 Å². The van der Waals surface area contributed by atoms with Gasteiger partial charge in [-0.05, 0) is 25.1 Å². The molecular weight excluding hydrogens is 347 g/mol. The Balaban J connectivity index is 2.37. The van der Waals surface area contributed by atoms with Crippen LogP contribution < -0.4 is 16.9 Å². The molecule has 0 amide bonds. The topological polar surface area (TPSA) is 82.9 Å². The first-order chi connectivity index (χ1) is 13.0. The molecule has 0 aliphatic heterocycles. The van der Waals surface area contributed by atoms with Gasteiger partial charge in [0.2, 0.25) is 5.95 Å². The molecule has 0 aliphatic rings. The summed E-state index contributed by atoms with van der Waals surface area (Å²) in [6.45, 7) is 6.05. The number of halogens is 1. The van der Waals surface area contributed by atoms with Crippen molar-refractivity contribution in [2.75, 3.05) is 5.73 Å². The second-order valence-electron chi connectivity index (χ2n) is 5.95. The molecule has 2 aromatic heterocycles. The van der Waals surface area contributed by atoms with Crippen LogP contribution in [0.2, 0.25) is 0 Å². The summed E-state index contributed by atoms with van der Waals surface area (Å²) < 4.78 is 16.5. The Morgan fingerprint density at radius 1 is 1.22 bits per heavy atom. The molecule has 138 valence electrons. The fourth-order valence-corrected chi connectivity index (χ4v) is 2.94. The van der Waals surface area contributed by atoms with Crippen LogP contribution >= 0.6 is 0 Å². The van der Waals surface area contributed by atoms with E-state index in [1.807, 2.05) is 0 Å². The number of nitrogen functional groups attached to an aromatic ring is 1. The zero-order valence-corrected chi connectivity index (χ0v) is 14.9. The van der Waals surface area contributed by atoms with Gasteiger partial charge in [-0.25, -0.2) is 9.37 Å². The van der Waals surface area contributed by atoms with E-state index in [9.17, 15) is 14.0 Å². The van der Waals surface area contributed by atoms with Gasteiger partial charge in [0.15, 0.2) is 0 Å². The molecule has 3 aromatic rings. The summed E-state index contributed by atoms with van der Waals surface area (Å²) in [5.41, 5.74) is 6.83. The highest BCUT2D eigenvalue weighted by atomic mass is 19.1. The van der Waals surface area contributed by atoms with Crippen LogP contribution in [0.25, 0.3) is 22.4 Å². The summed E-state index contributed by atoms with van der Waals surface area (Å²) in [6, 6.07) is 8.73. The first-order valence-electron chi connectivity index (χ1n) is 8.44. The Morgan fingerprint density at radius 3 is 2.67 bits per heavy atom. The third-order valence-electron chi connectivity index (χ3n) is 4.21. The normalized spacial score (nSPS) is 10.7. The average molecular weight is 366 g/mol. The molecule has 0 atom stereocenters. The van der Waals surface area contributed by atoms with E-state index in [1.165, 1.54) is 33.4 Å². The second kappa shape index (κ2) is 7.41. The van der Waals surface area contributed by atoms with E-state index in [1.54, 1.807) is 31.3 Å². The Bertz CT molecular complexity index is 1130. The molecule has 7 heteroatoms. The van der Waals surface area contributed by atoms with E-state index >= 15 is 0 Å². The Hall–Kier alpha value is -3.48. The number of hydrogen-bond acceptors (Lipinski definition) is 4. The highest BCUT2D eigenvalue weighted by molar-refractivity contribution is 5.80. The molecule has 0 fully saturated rings. The molecule has 27 heavy (non-hydrogen) atoms. The summed E-state index contributed by atoms with van der Waals surface area (Å²) in [7, 11) is 0. The van der Waals surface area contributed by atoms with Crippen molar-refractivity contribution in [2.24, 2.45) is 0 Å². The molecule has 6 nitrogen and oxygen atoms in total. The number of nitrogens with two attached hydrogens (primary N) is 1. The van der Waals surface area contributed by atoms with Gasteiger partial charge in [0.25, 0.3) is 11.1 Å². The quantitative estimate of drug-likeness (QED) is 0.704. The van der Waals surface area contributed by atoms with Crippen LogP contribution in [0.1, 0.15) is 6.92 Å². The number of aromatic nitrogens is 3. The van der Waals surface area contributed by atoms with E-state index in [-0.39, 0.29) is 28.3 Å². The summed E-state index contributed by atoms with van der Waals surface area (Å²) in [4.78, 5) is 29.5. The van der Waals surface area contributed by atoms with Crippen molar-refractivity contribution < 1.29 is 4.39 Å². The SMILES string of the molecule is C=CCn1cc(-c2c(-c3cccc(F)c3)nc(N)n(CC)c2=O)ccc1=O. The molecule has 0 saturated heterocycles. The van der Waals surface area contributed by atoms with Crippen molar-refractivity contribution >= 4 is 5.95 Å². The Labute approximate surface area is 155 Å². The predicted octanol–water partition coefficient (Wildman–Crippen LogP) is 2.67. The lowest BCUT2D eigenvalue weighted by Crippen LogP contribution is -2.27. The lowest BCUT2D eigenvalue weighted by molar-refractivity contribution is 0.628. The van der Waals surface area contributed by atoms with E-state index in [0.29, 0.717) is 24.2 Å². The van der Waals surface area contributed by atoms with Gasteiger partial charge in [0.05, 0.1) is 11.3 Å². The molecule has 0 spiro atoms. The van der Waals surface area contributed by atoms with E-state index in [4.69, 9.17) is 5.73 Å². The van der Waals surface area contributed by atoms with Crippen LogP contribution in [-0.2, 0) is 13.1 Å². The minimum atomic E-state index is -0.449. The van der Waals surface area contributed by atoms with Crippen molar-refractivity contribution in [1.82, 2.24) is 14.1 Å². The van der Waals surface area contributed by atoms with Gasteiger partial charge in [0.1, 0.15) is 5.82 Å². The predicted molar refractivity (Wildman–Crippen MR) is 104 cm³/mol. The van der Waals surface area contributed by atoms with Crippen LogP contribution in [0.15, 0.2) is 64.8 Å². The lowest BCUT2D eigenvalue weighted by Gasteiger charge is -2.15. The molecular formula is C20H19FN4O2. The smallest absolute Gasteiger partial charge is 0.263 e. The summed E-state index contributed by atoms with van der Waals surface area (Å²) in [5.74, 6) is -0.403. The Kier molecular flexibility index (Phi) is 5.03. The lowest BCUT2D eigenvalue weighted by atomic mass is 10.0. The minimum Gasteiger partial charge on any atom is -0.369 e. The van der Waals surface area contributed by atoms with Crippen molar-refractivity contribution in [3.63, 3.8) is 0 Å². The van der Waals surface area contributed by atoms with Gasteiger partial charge in [-0.1, -0.05) is 18.2 Å². The van der Waals surface area contributed by atoms with Gasteiger partial charge in [-0.2, -0.15) is 0 Å². The molecule has 0 aliphatic carbocycles. The van der Waals surface area contributed by atoms with E-state index in [2.05, 4.69) is 11.6 Å². The molecule has 0 radical (unpaired) electrons. The number of anilines is 1. The van der Waals surface area contributed by atoms with Gasteiger partial charge in [-0.15, -0.1) is 6.58 Å². The maximum Gasteiger partial charge on any atom is 0.263 e. The highest BCUT2D eigenvalue weighted by Gasteiger charge is 2.19. The fourth-order valence-electron chi connectivity index (χ4n) is 2.94. The van der Waals surface area contributed by atoms with Crippen LogP contribution in [0, 0.1) is 5.82 Å². The highest BCUT2D eigenvalue weighted by Crippen LogP contribution is 2.28. The number of allylic oxidation sites excluding steroid dienone is 1. The van der Waals surface area contributed by atoms with E-state index in [0.717, 1.165) is 0 Å². The summed E-state index contributed by atoms with van der Waals surface area (Å²) in [6.07, 6.45) is 3.16. The number of pyridine rings is 1. The van der Waals surface area contributed by atoms with Crippen LogP contribution in [0.4, 0.5) is 10.3 Å². The third-order valence-corrected chi connectivity index (χ3v) is 4.21. The number of hydrogen-bond donors (Lipinski definition) is 1. The van der Waals surface area contributed by atoms with Crippen molar-refractivity contribution in [3.8, 4) is 22.4 Å². The molecule has 0 unspecified atom stereocenters. The monoisotopic (exact) mass is 366 g/mol. The zero-order valence-electron chi connectivity index (χ0n) is 14.9. The summed E-state index contributed by atoms with van der Waals surface area (Å²) in [5, 5.41) is 0. The minimum absolute atomic E-state index is 0.0462. The third kappa shape index (κ3) is 3.44. The second-order valence-corrected chi connectivity index (χ2v) is 5.95. The standard InChI is InChI=1S/C20H19FN4O2/c1-3-10-24-12-14(8-9-16(24)26)17-18(13-6-5-7-15(21)11-13)23-20(22)25(4-2)19(17)27/h3,5-9,11-12H,1,4,10H2,2H3,(H2,22,23). The Morgan fingerprint density at radius 2 is 2.00 bits per heavy atom. The van der Waals surface area contributed by atoms with Crippen LogP contribution in [0.3, 0.4) is 0 Å². The molecule has 0 bridgehead atoms. The number of nitrogens with zero attached hydrogens (tertiary/aromatic N) is 3. The van der Waals surface area contributed by atoms with Gasteiger partial charge in [-0.3, -0.25) is 14.2 Å². The average Bonchev–Trinajstić information content (AvgIpc) is 2.64. The van der Waals surface area contributed by atoms with Crippen molar-refractivity contribution in [2.45, 2.75) is 20.0 Å². The molecule has 1 aromatic carbocycles. The van der Waals surface area contributed by atoms with Gasteiger partial charge in [0, 0.05) is 36.5 Å². The van der Waals surface area contributed by atoms with Crippen molar-refractivity contribution in [3.05, 3.63) is 81.8 Å². The molecule has 2 heterocycles. The first kappa shape index (κ1) is 18.3. The largest absolute Gasteiger partial charge is 0.369 e. The first-order valence-corrected chi connectivity index (χ1v) is 8.44. The van der Waals surface area contributed by atoms with Crippen molar-refractivity contribution in [1.29, 1.82) is 0 Å². The van der Waals surface area contributed by atoms with Gasteiger partial charge >= 0.3 is 0 Å². The molecule has 3 rings (SSSR count). The molecule has 2 N–H and O–H groups in total. The molecule has 0 saturated carbocycles. The maximum atomic E-state index is 13.8.